The first kappa shape index (κ1) is 18.3. The van der Waals surface area contributed by atoms with Crippen LogP contribution in [0.1, 0.15) is 73.1 Å². The molecule has 1 fully saturated rings. The molecule has 0 spiro atoms. The average Bonchev–Trinajstić information content (AvgIpc) is 2.61. The summed E-state index contributed by atoms with van der Waals surface area (Å²) in [4.78, 5) is 11.7. The number of carbonyl (C=O) groups is 1. The van der Waals surface area contributed by atoms with Gasteiger partial charge in [-0.15, -0.1) is 0 Å². The van der Waals surface area contributed by atoms with Crippen LogP contribution in [-0.2, 0) is 4.74 Å². The van der Waals surface area contributed by atoms with Crippen LogP contribution in [0.4, 0.5) is 4.79 Å². The maximum Gasteiger partial charge on any atom is 0.407 e. The number of alkyl carbamates (subject to hydrolysis) is 1. The molecule has 124 valence electrons. The molecular weight excluding hydrogens is 264 g/mol. The second-order valence-corrected chi connectivity index (χ2v) is 7.98. The molecule has 1 saturated carbocycles. The summed E-state index contributed by atoms with van der Waals surface area (Å²) in [6.45, 7) is 11.5. The van der Waals surface area contributed by atoms with E-state index in [9.17, 15) is 4.79 Å². The standard InChI is InChI=1S/C17H34N2O2/c1-16(2,3)21-15(20)18-13-17(4,5)19-12-14-10-8-6-7-9-11-14/h14,19H,6-13H2,1-5H3,(H,18,20). The van der Waals surface area contributed by atoms with Crippen molar-refractivity contribution >= 4 is 6.09 Å². The second kappa shape index (κ2) is 8.02. The Hall–Kier alpha value is -0.770. The van der Waals surface area contributed by atoms with Crippen LogP contribution in [0.2, 0.25) is 0 Å². The highest BCUT2D eigenvalue weighted by Gasteiger charge is 2.22. The molecule has 0 aromatic heterocycles. The van der Waals surface area contributed by atoms with Crippen LogP contribution in [0.25, 0.3) is 0 Å². The zero-order valence-corrected chi connectivity index (χ0v) is 14.6. The van der Waals surface area contributed by atoms with Gasteiger partial charge in [0.05, 0.1) is 0 Å². The molecule has 0 radical (unpaired) electrons. The average molecular weight is 298 g/mol. The zero-order chi connectivity index (χ0) is 15.9. The minimum absolute atomic E-state index is 0.108. The maximum absolute atomic E-state index is 11.7. The molecule has 0 heterocycles. The van der Waals surface area contributed by atoms with E-state index in [2.05, 4.69) is 24.5 Å². The topological polar surface area (TPSA) is 50.4 Å². The first-order valence-corrected chi connectivity index (χ1v) is 8.40. The lowest BCUT2D eigenvalue weighted by Gasteiger charge is -2.30. The summed E-state index contributed by atoms with van der Waals surface area (Å²) in [6, 6.07) is 0. The Labute approximate surface area is 130 Å². The molecule has 0 aromatic rings. The van der Waals surface area contributed by atoms with Crippen LogP contribution in [0, 0.1) is 5.92 Å². The van der Waals surface area contributed by atoms with Crippen molar-refractivity contribution in [1.82, 2.24) is 10.6 Å². The fraction of sp³-hybridized carbons (Fsp3) is 0.941. The normalized spacial score (nSPS) is 18.1. The molecule has 4 heteroatoms. The van der Waals surface area contributed by atoms with E-state index in [1.165, 1.54) is 38.5 Å². The van der Waals surface area contributed by atoms with Crippen LogP contribution in [0.3, 0.4) is 0 Å². The van der Waals surface area contributed by atoms with E-state index in [4.69, 9.17) is 4.74 Å². The number of hydrogen-bond acceptors (Lipinski definition) is 3. The van der Waals surface area contributed by atoms with Gasteiger partial charge in [0.1, 0.15) is 5.60 Å². The third kappa shape index (κ3) is 8.97. The van der Waals surface area contributed by atoms with Gasteiger partial charge in [-0.05, 0) is 59.9 Å². The molecule has 0 aliphatic heterocycles. The molecule has 1 rings (SSSR count). The number of carbonyl (C=O) groups excluding carboxylic acids is 1. The molecule has 0 bridgehead atoms. The van der Waals surface area contributed by atoms with Gasteiger partial charge >= 0.3 is 6.09 Å². The fourth-order valence-corrected chi connectivity index (χ4v) is 2.66. The Bertz CT molecular complexity index is 313. The Morgan fingerprint density at radius 2 is 1.62 bits per heavy atom. The highest BCUT2D eigenvalue weighted by Crippen LogP contribution is 2.22. The van der Waals surface area contributed by atoms with Gasteiger partial charge in [-0.2, -0.15) is 0 Å². The summed E-state index contributed by atoms with van der Waals surface area (Å²) in [6.07, 6.45) is 7.84. The number of ether oxygens (including phenoxy) is 1. The maximum atomic E-state index is 11.7. The van der Waals surface area contributed by atoms with Crippen molar-refractivity contribution in [2.75, 3.05) is 13.1 Å². The first-order valence-electron chi connectivity index (χ1n) is 8.40. The van der Waals surface area contributed by atoms with E-state index < -0.39 is 5.60 Å². The number of rotatable bonds is 5. The van der Waals surface area contributed by atoms with Crippen molar-refractivity contribution in [2.24, 2.45) is 5.92 Å². The first-order chi connectivity index (χ1) is 9.68. The van der Waals surface area contributed by atoms with Crippen LogP contribution >= 0.6 is 0 Å². The zero-order valence-electron chi connectivity index (χ0n) is 14.6. The summed E-state index contributed by atoms with van der Waals surface area (Å²) >= 11 is 0. The second-order valence-electron chi connectivity index (χ2n) is 7.98. The molecule has 0 aromatic carbocycles. The van der Waals surface area contributed by atoms with Gasteiger partial charge in [-0.1, -0.05) is 25.7 Å². The molecule has 1 aliphatic rings. The molecule has 0 saturated heterocycles. The van der Waals surface area contributed by atoms with Crippen molar-refractivity contribution in [3.05, 3.63) is 0 Å². The highest BCUT2D eigenvalue weighted by atomic mass is 16.6. The molecule has 4 nitrogen and oxygen atoms in total. The monoisotopic (exact) mass is 298 g/mol. The van der Waals surface area contributed by atoms with Gasteiger partial charge < -0.3 is 15.4 Å². The largest absolute Gasteiger partial charge is 0.444 e. The highest BCUT2D eigenvalue weighted by molar-refractivity contribution is 5.67. The lowest BCUT2D eigenvalue weighted by atomic mass is 9.98. The van der Waals surface area contributed by atoms with Crippen LogP contribution in [0.15, 0.2) is 0 Å². The van der Waals surface area contributed by atoms with Crippen LogP contribution < -0.4 is 10.6 Å². The van der Waals surface area contributed by atoms with E-state index in [1.807, 2.05) is 20.8 Å². The van der Waals surface area contributed by atoms with Gasteiger partial charge in [0.15, 0.2) is 0 Å². The van der Waals surface area contributed by atoms with Crippen LogP contribution in [0.5, 0.6) is 0 Å². The van der Waals surface area contributed by atoms with E-state index in [-0.39, 0.29) is 11.6 Å². The Kier molecular flexibility index (Phi) is 6.98. The molecule has 1 aliphatic carbocycles. The SMILES string of the molecule is CC(C)(CNC(=O)OC(C)(C)C)NCC1CCCCCC1. The number of amides is 1. The molecule has 1 amide bonds. The molecule has 0 atom stereocenters. The summed E-state index contributed by atoms with van der Waals surface area (Å²) < 4.78 is 5.27. The summed E-state index contributed by atoms with van der Waals surface area (Å²) in [5, 5.41) is 6.46. The van der Waals surface area contributed by atoms with Gasteiger partial charge in [0, 0.05) is 12.1 Å². The van der Waals surface area contributed by atoms with Gasteiger partial charge in [0.2, 0.25) is 0 Å². The summed E-state index contributed by atoms with van der Waals surface area (Å²) in [7, 11) is 0. The van der Waals surface area contributed by atoms with Crippen molar-refractivity contribution < 1.29 is 9.53 Å². The van der Waals surface area contributed by atoms with Gasteiger partial charge in [0.25, 0.3) is 0 Å². The fourth-order valence-electron chi connectivity index (χ4n) is 2.66. The van der Waals surface area contributed by atoms with Crippen molar-refractivity contribution in [1.29, 1.82) is 0 Å². The third-order valence-corrected chi connectivity index (χ3v) is 3.92. The van der Waals surface area contributed by atoms with Gasteiger partial charge in [-0.3, -0.25) is 0 Å². The number of nitrogens with one attached hydrogen (secondary N) is 2. The quantitative estimate of drug-likeness (QED) is 0.758. The lowest BCUT2D eigenvalue weighted by Crippen LogP contribution is -2.51. The Balaban J connectivity index is 2.27. The van der Waals surface area contributed by atoms with Crippen molar-refractivity contribution in [3.63, 3.8) is 0 Å². The van der Waals surface area contributed by atoms with E-state index >= 15 is 0 Å². The molecule has 21 heavy (non-hydrogen) atoms. The third-order valence-electron chi connectivity index (χ3n) is 3.92. The minimum Gasteiger partial charge on any atom is -0.444 e. The summed E-state index contributed by atoms with van der Waals surface area (Å²) in [5.41, 5.74) is -0.550. The van der Waals surface area contributed by atoms with E-state index in [1.54, 1.807) is 0 Å². The predicted molar refractivity (Wildman–Crippen MR) is 87.5 cm³/mol. The lowest BCUT2D eigenvalue weighted by molar-refractivity contribution is 0.0513. The van der Waals surface area contributed by atoms with E-state index in [0.29, 0.717) is 6.54 Å². The Morgan fingerprint density at radius 3 is 2.14 bits per heavy atom. The smallest absolute Gasteiger partial charge is 0.407 e. The van der Waals surface area contributed by atoms with E-state index in [0.717, 1.165) is 12.5 Å². The Morgan fingerprint density at radius 1 is 1.05 bits per heavy atom. The van der Waals surface area contributed by atoms with Gasteiger partial charge in [-0.25, -0.2) is 4.79 Å². The van der Waals surface area contributed by atoms with Crippen molar-refractivity contribution in [2.45, 2.75) is 84.3 Å². The predicted octanol–water partition coefficient (Wildman–Crippen LogP) is 3.85. The minimum atomic E-state index is -0.442. The number of hydrogen-bond donors (Lipinski definition) is 2. The molecular formula is C17H34N2O2. The molecule has 0 unspecified atom stereocenters. The summed E-state index contributed by atoms with van der Waals surface area (Å²) in [5.74, 6) is 0.785. The van der Waals surface area contributed by atoms with Crippen LogP contribution in [-0.4, -0.2) is 30.3 Å². The molecule has 2 N–H and O–H groups in total. The van der Waals surface area contributed by atoms with Crippen molar-refractivity contribution in [3.8, 4) is 0 Å².